The highest BCUT2D eigenvalue weighted by atomic mass is 19.1. The van der Waals surface area contributed by atoms with E-state index in [1.54, 1.807) is 13.1 Å². The molecule has 1 aromatic heterocycles. The van der Waals surface area contributed by atoms with Crippen LogP contribution in [0.4, 0.5) is 20.8 Å². The summed E-state index contributed by atoms with van der Waals surface area (Å²) in [6.07, 6.45) is 0.764. The van der Waals surface area contributed by atoms with Gasteiger partial charge < -0.3 is 14.8 Å². The molecule has 0 aliphatic rings. The first-order chi connectivity index (χ1) is 11.6. The van der Waals surface area contributed by atoms with Crippen molar-refractivity contribution in [2.24, 2.45) is 0 Å². The van der Waals surface area contributed by atoms with Gasteiger partial charge in [0.15, 0.2) is 0 Å². The molecule has 1 heterocycles. The van der Waals surface area contributed by atoms with Gasteiger partial charge in [-0.2, -0.15) is 0 Å². The lowest BCUT2D eigenvalue weighted by Gasteiger charge is -2.11. The number of carbonyl (C=O) groups excluding carboxylic acids is 1. The number of aryl methyl sites for hydroxylation is 1. The van der Waals surface area contributed by atoms with Gasteiger partial charge in [0, 0.05) is 17.6 Å². The summed E-state index contributed by atoms with van der Waals surface area (Å²) in [5, 5.41) is 3.67. The molecule has 0 saturated heterocycles. The SMILES string of the molecule is COC(=O)Oc1cc(Nc2ncc3ccccc3n2)c(F)cc1C. The van der Waals surface area contributed by atoms with E-state index >= 15 is 0 Å². The normalized spacial score (nSPS) is 10.5. The Hall–Kier alpha value is -3.22. The zero-order valence-electron chi connectivity index (χ0n) is 13.0. The highest BCUT2D eigenvalue weighted by molar-refractivity contribution is 5.79. The maximum Gasteiger partial charge on any atom is 0.513 e. The van der Waals surface area contributed by atoms with Crippen molar-refractivity contribution >= 4 is 28.7 Å². The number of aromatic nitrogens is 2. The summed E-state index contributed by atoms with van der Waals surface area (Å²) >= 11 is 0. The highest BCUT2D eigenvalue weighted by Gasteiger charge is 2.13. The van der Waals surface area contributed by atoms with E-state index in [9.17, 15) is 9.18 Å². The molecule has 0 fully saturated rings. The van der Waals surface area contributed by atoms with E-state index < -0.39 is 12.0 Å². The van der Waals surface area contributed by atoms with E-state index in [1.807, 2.05) is 24.3 Å². The number of methoxy groups -OCH3 is 1. The first-order valence-corrected chi connectivity index (χ1v) is 7.11. The van der Waals surface area contributed by atoms with Crippen molar-refractivity contribution < 1.29 is 18.7 Å². The standard InChI is InChI=1S/C17H14FN3O3/c1-10-7-12(18)14(8-15(10)24-17(22)23-2)21-16-19-9-11-5-3-4-6-13(11)20-16/h3-9H,1-2H3,(H,19,20,21). The number of fused-ring (bicyclic) bond motifs is 1. The number of rotatable bonds is 3. The molecule has 7 heteroatoms. The van der Waals surface area contributed by atoms with Crippen molar-refractivity contribution in [1.29, 1.82) is 0 Å². The van der Waals surface area contributed by atoms with Crippen molar-refractivity contribution in [1.82, 2.24) is 9.97 Å². The number of anilines is 2. The third-order valence-electron chi connectivity index (χ3n) is 3.36. The number of carbonyl (C=O) groups is 1. The monoisotopic (exact) mass is 327 g/mol. The van der Waals surface area contributed by atoms with E-state index in [1.165, 1.54) is 19.2 Å². The van der Waals surface area contributed by atoms with Crippen LogP contribution in [0.5, 0.6) is 5.75 Å². The number of ether oxygens (including phenoxy) is 2. The maximum atomic E-state index is 14.2. The summed E-state index contributed by atoms with van der Waals surface area (Å²) < 4.78 is 23.6. The third kappa shape index (κ3) is 3.24. The van der Waals surface area contributed by atoms with Gasteiger partial charge in [0.05, 0.1) is 18.3 Å². The average Bonchev–Trinajstić information content (AvgIpc) is 2.58. The van der Waals surface area contributed by atoms with Gasteiger partial charge in [0.2, 0.25) is 5.95 Å². The molecule has 2 aromatic carbocycles. The number of hydrogen-bond acceptors (Lipinski definition) is 6. The zero-order valence-corrected chi connectivity index (χ0v) is 13.0. The fourth-order valence-electron chi connectivity index (χ4n) is 2.14. The van der Waals surface area contributed by atoms with Gasteiger partial charge in [-0.1, -0.05) is 18.2 Å². The molecule has 1 N–H and O–H groups in total. The Labute approximate surface area is 137 Å². The van der Waals surface area contributed by atoms with Crippen molar-refractivity contribution in [3.63, 3.8) is 0 Å². The lowest BCUT2D eigenvalue weighted by molar-refractivity contribution is 0.121. The molecule has 0 saturated carbocycles. The summed E-state index contributed by atoms with van der Waals surface area (Å²) in [4.78, 5) is 19.7. The van der Waals surface area contributed by atoms with Crippen LogP contribution in [-0.4, -0.2) is 23.2 Å². The van der Waals surface area contributed by atoms with Crippen LogP contribution in [0.25, 0.3) is 10.9 Å². The molecule has 0 radical (unpaired) electrons. The van der Waals surface area contributed by atoms with E-state index in [-0.39, 0.29) is 17.4 Å². The minimum atomic E-state index is -0.877. The topological polar surface area (TPSA) is 73.3 Å². The number of nitrogens with one attached hydrogen (secondary N) is 1. The molecule has 0 aliphatic heterocycles. The Bertz CT molecular complexity index is 915. The van der Waals surface area contributed by atoms with E-state index in [0.717, 1.165) is 10.9 Å². The highest BCUT2D eigenvalue weighted by Crippen LogP contribution is 2.28. The number of para-hydroxylation sites is 1. The summed E-state index contributed by atoms with van der Waals surface area (Å²) in [5.41, 5.74) is 1.28. The number of halogens is 1. The Morgan fingerprint density at radius 2 is 2.04 bits per heavy atom. The second kappa shape index (κ2) is 6.49. The molecule has 0 aliphatic carbocycles. The minimum absolute atomic E-state index is 0.0924. The Kier molecular flexibility index (Phi) is 4.24. The summed E-state index contributed by atoms with van der Waals surface area (Å²) in [5.74, 6) is -0.0894. The largest absolute Gasteiger partial charge is 0.513 e. The van der Waals surface area contributed by atoms with E-state index in [4.69, 9.17) is 4.74 Å². The quantitative estimate of drug-likeness (QED) is 0.580. The minimum Gasteiger partial charge on any atom is -0.437 e. The summed E-state index contributed by atoms with van der Waals surface area (Å²) in [6.45, 7) is 1.62. The second-order valence-corrected chi connectivity index (χ2v) is 5.03. The first-order valence-electron chi connectivity index (χ1n) is 7.11. The fourth-order valence-corrected chi connectivity index (χ4v) is 2.14. The van der Waals surface area contributed by atoms with Gasteiger partial charge in [0.25, 0.3) is 0 Å². The molecule has 24 heavy (non-hydrogen) atoms. The average molecular weight is 327 g/mol. The van der Waals surface area contributed by atoms with Crippen LogP contribution in [0.3, 0.4) is 0 Å². The predicted molar refractivity (Wildman–Crippen MR) is 87.0 cm³/mol. The Morgan fingerprint density at radius 3 is 2.83 bits per heavy atom. The molecule has 3 aromatic rings. The van der Waals surface area contributed by atoms with Crippen LogP contribution < -0.4 is 10.1 Å². The molecular weight excluding hydrogens is 313 g/mol. The van der Waals surface area contributed by atoms with E-state index in [2.05, 4.69) is 20.0 Å². The zero-order chi connectivity index (χ0) is 17.1. The van der Waals surface area contributed by atoms with Crippen molar-refractivity contribution in [2.45, 2.75) is 6.92 Å². The van der Waals surface area contributed by atoms with Crippen molar-refractivity contribution in [3.8, 4) is 5.75 Å². The van der Waals surface area contributed by atoms with Gasteiger partial charge in [-0.25, -0.2) is 19.2 Å². The van der Waals surface area contributed by atoms with Gasteiger partial charge >= 0.3 is 6.16 Å². The lowest BCUT2D eigenvalue weighted by Crippen LogP contribution is -2.09. The number of hydrogen-bond donors (Lipinski definition) is 1. The van der Waals surface area contributed by atoms with Crippen LogP contribution >= 0.6 is 0 Å². The summed E-state index contributed by atoms with van der Waals surface area (Å²) in [6, 6.07) is 10.1. The van der Waals surface area contributed by atoms with E-state index in [0.29, 0.717) is 5.56 Å². The Balaban J connectivity index is 1.92. The number of benzene rings is 2. The molecule has 0 unspecified atom stereocenters. The van der Waals surface area contributed by atoms with Gasteiger partial charge in [-0.05, 0) is 24.6 Å². The molecule has 3 rings (SSSR count). The molecule has 6 nitrogen and oxygen atoms in total. The van der Waals surface area contributed by atoms with Crippen molar-refractivity contribution in [3.05, 3.63) is 54.0 Å². The van der Waals surface area contributed by atoms with Crippen molar-refractivity contribution in [2.75, 3.05) is 12.4 Å². The van der Waals surface area contributed by atoms with Gasteiger partial charge in [0.1, 0.15) is 11.6 Å². The Morgan fingerprint density at radius 1 is 1.25 bits per heavy atom. The van der Waals surface area contributed by atoms with Gasteiger partial charge in [-0.15, -0.1) is 0 Å². The molecule has 0 amide bonds. The van der Waals surface area contributed by atoms with Crippen LogP contribution in [-0.2, 0) is 4.74 Å². The fraction of sp³-hybridized carbons (Fsp3) is 0.118. The van der Waals surface area contributed by atoms with Gasteiger partial charge in [-0.3, -0.25) is 0 Å². The predicted octanol–water partition coefficient (Wildman–Crippen LogP) is 3.97. The smallest absolute Gasteiger partial charge is 0.437 e. The molecule has 0 atom stereocenters. The van der Waals surface area contributed by atoms with Crippen LogP contribution in [0.2, 0.25) is 0 Å². The number of nitrogens with zero attached hydrogens (tertiary/aromatic N) is 2. The molecule has 0 bridgehead atoms. The van der Waals surface area contributed by atoms with Crippen LogP contribution in [0.15, 0.2) is 42.6 Å². The molecular formula is C17H14FN3O3. The lowest BCUT2D eigenvalue weighted by atomic mass is 10.2. The van der Waals surface area contributed by atoms with Crippen LogP contribution in [0, 0.1) is 12.7 Å². The first kappa shape index (κ1) is 15.7. The second-order valence-electron chi connectivity index (χ2n) is 5.03. The van der Waals surface area contributed by atoms with Crippen LogP contribution in [0.1, 0.15) is 5.56 Å². The third-order valence-corrected chi connectivity index (χ3v) is 3.36. The molecule has 122 valence electrons. The maximum absolute atomic E-state index is 14.2. The summed E-state index contributed by atoms with van der Waals surface area (Å²) in [7, 11) is 1.20. The molecule has 0 spiro atoms.